The lowest BCUT2D eigenvalue weighted by Gasteiger charge is -2.18. The van der Waals surface area contributed by atoms with Crippen molar-refractivity contribution in [3.8, 4) is 5.75 Å². The Kier molecular flexibility index (Phi) is 5.66. The molecular weight excluding hydrogens is 321 g/mol. The third-order valence-corrected chi connectivity index (χ3v) is 4.65. The first-order chi connectivity index (χ1) is 12.1. The topological polar surface area (TPSA) is 58.6 Å². The van der Waals surface area contributed by atoms with E-state index in [0.29, 0.717) is 17.9 Å². The molecule has 132 valence electrons. The molecule has 3 rings (SSSR count). The molecule has 0 bridgehead atoms. The van der Waals surface area contributed by atoms with Crippen LogP contribution in [0.2, 0.25) is 0 Å². The number of hydrogen-bond donors (Lipinski definition) is 2. The third-order valence-electron chi connectivity index (χ3n) is 4.65. The van der Waals surface area contributed by atoms with E-state index in [0.717, 1.165) is 24.8 Å². The van der Waals surface area contributed by atoms with Gasteiger partial charge in [0.05, 0.1) is 5.92 Å². The van der Waals surface area contributed by atoms with E-state index in [2.05, 4.69) is 5.32 Å². The Hall–Kier alpha value is -2.40. The number of hydrogen-bond acceptors (Lipinski definition) is 3. The van der Waals surface area contributed by atoms with Crippen LogP contribution in [0.4, 0.5) is 4.39 Å². The first-order valence-corrected chi connectivity index (χ1v) is 8.55. The van der Waals surface area contributed by atoms with E-state index >= 15 is 0 Å². The van der Waals surface area contributed by atoms with Gasteiger partial charge in [-0.25, -0.2) is 4.39 Å². The van der Waals surface area contributed by atoms with Crippen LogP contribution >= 0.6 is 0 Å². The number of ether oxygens (including phenoxy) is 1. The van der Waals surface area contributed by atoms with E-state index in [9.17, 15) is 14.3 Å². The van der Waals surface area contributed by atoms with Crippen molar-refractivity contribution in [1.29, 1.82) is 0 Å². The van der Waals surface area contributed by atoms with Gasteiger partial charge in [-0.3, -0.25) is 4.79 Å². The smallest absolute Gasteiger partial charge is 0.308 e. The second kappa shape index (κ2) is 8.12. The molecule has 0 unspecified atom stereocenters. The Morgan fingerprint density at radius 2 is 2.04 bits per heavy atom. The van der Waals surface area contributed by atoms with Crippen molar-refractivity contribution < 1.29 is 19.0 Å². The Bertz CT molecular complexity index is 734. The van der Waals surface area contributed by atoms with Crippen LogP contribution < -0.4 is 10.1 Å². The number of nitrogens with one attached hydrogen (secondary N) is 1. The van der Waals surface area contributed by atoms with Crippen molar-refractivity contribution in [2.75, 3.05) is 0 Å². The van der Waals surface area contributed by atoms with Gasteiger partial charge >= 0.3 is 5.97 Å². The maximum absolute atomic E-state index is 13.6. The Morgan fingerprint density at radius 3 is 2.84 bits per heavy atom. The highest BCUT2D eigenvalue weighted by atomic mass is 19.1. The van der Waals surface area contributed by atoms with Gasteiger partial charge in [0.1, 0.15) is 18.2 Å². The number of carboxylic acid groups (broad SMARTS) is 1. The molecule has 1 aliphatic carbocycles. The molecule has 0 spiro atoms. The zero-order valence-corrected chi connectivity index (χ0v) is 14.0. The van der Waals surface area contributed by atoms with Crippen LogP contribution in [-0.2, 0) is 17.9 Å². The highest BCUT2D eigenvalue weighted by molar-refractivity contribution is 5.71. The predicted molar refractivity (Wildman–Crippen MR) is 92.8 cm³/mol. The lowest BCUT2D eigenvalue weighted by molar-refractivity contribution is -0.142. The van der Waals surface area contributed by atoms with Crippen LogP contribution in [0.5, 0.6) is 5.75 Å². The number of halogens is 1. The molecule has 5 heteroatoms. The maximum atomic E-state index is 13.6. The minimum atomic E-state index is -0.725. The van der Waals surface area contributed by atoms with Crippen LogP contribution in [0.3, 0.4) is 0 Å². The van der Waals surface area contributed by atoms with Crippen LogP contribution in [0.1, 0.15) is 30.4 Å². The van der Waals surface area contributed by atoms with Crippen LogP contribution in [-0.4, -0.2) is 17.1 Å². The molecule has 1 saturated carbocycles. The molecule has 0 heterocycles. The SMILES string of the molecule is O=C(O)[C@@H]1CCC[C@@H]1NCc1cccc(OCc2ccccc2F)c1. The van der Waals surface area contributed by atoms with Gasteiger partial charge in [-0.05, 0) is 36.6 Å². The summed E-state index contributed by atoms with van der Waals surface area (Å²) in [6, 6.07) is 14.2. The molecule has 2 aromatic rings. The molecule has 4 nitrogen and oxygen atoms in total. The molecule has 0 aromatic heterocycles. The van der Waals surface area contributed by atoms with Gasteiger partial charge < -0.3 is 15.2 Å². The first-order valence-electron chi connectivity index (χ1n) is 8.55. The molecule has 1 aliphatic rings. The summed E-state index contributed by atoms with van der Waals surface area (Å²) < 4.78 is 19.3. The minimum absolute atomic E-state index is 0.0143. The largest absolute Gasteiger partial charge is 0.489 e. The third kappa shape index (κ3) is 4.57. The molecule has 2 N–H and O–H groups in total. The van der Waals surface area contributed by atoms with Crippen LogP contribution in [0.25, 0.3) is 0 Å². The van der Waals surface area contributed by atoms with E-state index < -0.39 is 5.97 Å². The molecule has 2 atom stereocenters. The summed E-state index contributed by atoms with van der Waals surface area (Å²) in [5.74, 6) is -0.637. The Morgan fingerprint density at radius 1 is 1.20 bits per heavy atom. The number of benzene rings is 2. The summed E-state index contributed by atoms with van der Waals surface area (Å²) >= 11 is 0. The molecule has 0 aliphatic heterocycles. The number of rotatable bonds is 7. The van der Waals surface area contributed by atoms with E-state index in [4.69, 9.17) is 4.74 Å². The quantitative estimate of drug-likeness (QED) is 0.804. The highest BCUT2D eigenvalue weighted by Gasteiger charge is 2.32. The summed E-state index contributed by atoms with van der Waals surface area (Å²) in [5.41, 5.74) is 1.53. The average molecular weight is 343 g/mol. The van der Waals surface area contributed by atoms with Crippen molar-refractivity contribution in [3.05, 3.63) is 65.5 Å². The van der Waals surface area contributed by atoms with Crippen molar-refractivity contribution in [2.24, 2.45) is 5.92 Å². The molecule has 25 heavy (non-hydrogen) atoms. The van der Waals surface area contributed by atoms with Gasteiger partial charge in [-0.2, -0.15) is 0 Å². The van der Waals surface area contributed by atoms with E-state index in [1.807, 2.05) is 24.3 Å². The maximum Gasteiger partial charge on any atom is 0.308 e. The molecule has 0 radical (unpaired) electrons. The second-order valence-electron chi connectivity index (χ2n) is 6.39. The number of carboxylic acids is 1. The molecule has 0 amide bonds. The lowest BCUT2D eigenvalue weighted by Crippen LogP contribution is -2.35. The zero-order chi connectivity index (χ0) is 17.6. The van der Waals surface area contributed by atoms with Gasteiger partial charge in [0.15, 0.2) is 0 Å². The summed E-state index contributed by atoms with van der Waals surface area (Å²) in [7, 11) is 0. The molecule has 0 saturated heterocycles. The number of carbonyl (C=O) groups is 1. The fourth-order valence-corrected chi connectivity index (χ4v) is 3.27. The fraction of sp³-hybridized carbons (Fsp3) is 0.350. The van der Waals surface area contributed by atoms with E-state index in [-0.39, 0.29) is 24.4 Å². The Labute approximate surface area is 146 Å². The van der Waals surface area contributed by atoms with Crippen molar-refractivity contribution in [2.45, 2.75) is 38.5 Å². The summed E-state index contributed by atoms with van der Waals surface area (Å²) in [6.45, 7) is 0.763. The summed E-state index contributed by atoms with van der Waals surface area (Å²) in [6.07, 6.45) is 2.57. The molecular formula is C20H22FNO3. The van der Waals surface area contributed by atoms with Crippen molar-refractivity contribution >= 4 is 5.97 Å². The van der Waals surface area contributed by atoms with Gasteiger partial charge in [-0.15, -0.1) is 0 Å². The second-order valence-corrected chi connectivity index (χ2v) is 6.39. The summed E-state index contributed by atoms with van der Waals surface area (Å²) in [5, 5.41) is 12.6. The Balaban J connectivity index is 1.56. The standard InChI is InChI=1S/C20H22FNO3/c21-18-9-2-1-6-15(18)13-25-16-7-3-5-14(11-16)12-22-19-10-4-8-17(19)20(23)24/h1-3,5-7,9,11,17,19,22H,4,8,10,12-13H2,(H,23,24)/t17-,19+/m1/s1. The van der Waals surface area contributed by atoms with Gasteiger partial charge in [-0.1, -0.05) is 36.8 Å². The molecule has 2 aromatic carbocycles. The van der Waals surface area contributed by atoms with E-state index in [1.165, 1.54) is 6.07 Å². The summed E-state index contributed by atoms with van der Waals surface area (Å²) in [4.78, 5) is 11.2. The van der Waals surface area contributed by atoms with E-state index in [1.54, 1.807) is 18.2 Å². The molecule has 1 fully saturated rings. The van der Waals surface area contributed by atoms with Crippen LogP contribution in [0.15, 0.2) is 48.5 Å². The van der Waals surface area contributed by atoms with Gasteiger partial charge in [0.25, 0.3) is 0 Å². The fourth-order valence-electron chi connectivity index (χ4n) is 3.27. The predicted octanol–water partition coefficient (Wildman–Crippen LogP) is 3.75. The van der Waals surface area contributed by atoms with Crippen LogP contribution in [0, 0.1) is 11.7 Å². The van der Waals surface area contributed by atoms with Crippen molar-refractivity contribution in [3.63, 3.8) is 0 Å². The van der Waals surface area contributed by atoms with Crippen molar-refractivity contribution in [1.82, 2.24) is 5.32 Å². The zero-order valence-electron chi connectivity index (χ0n) is 14.0. The van der Waals surface area contributed by atoms with Gasteiger partial charge in [0, 0.05) is 18.2 Å². The normalized spacial score (nSPS) is 19.7. The monoisotopic (exact) mass is 343 g/mol. The number of aliphatic carboxylic acids is 1. The lowest BCUT2D eigenvalue weighted by atomic mass is 10.0. The van der Waals surface area contributed by atoms with Gasteiger partial charge in [0.2, 0.25) is 0 Å². The first kappa shape index (κ1) is 17.4. The minimum Gasteiger partial charge on any atom is -0.489 e. The highest BCUT2D eigenvalue weighted by Crippen LogP contribution is 2.26. The average Bonchev–Trinajstić information content (AvgIpc) is 3.09.